The van der Waals surface area contributed by atoms with E-state index in [4.69, 9.17) is 14.2 Å². The fraction of sp³-hybridized carbons (Fsp3) is 0.368. The second kappa shape index (κ2) is 8.37. The Morgan fingerprint density at radius 3 is 2.00 bits per heavy atom. The van der Waals surface area contributed by atoms with E-state index in [0.717, 1.165) is 0 Å². The number of methoxy groups -OCH3 is 1. The van der Waals surface area contributed by atoms with Gasteiger partial charge in [-0.3, -0.25) is 0 Å². The summed E-state index contributed by atoms with van der Waals surface area (Å²) in [6.45, 7) is 3.98. The van der Waals surface area contributed by atoms with Gasteiger partial charge >= 0.3 is 11.9 Å². The van der Waals surface area contributed by atoms with Crippen LogP contribution in [0.3, 0.4) is 0 Å². The molecule has 6 nitrogen and oxygen atoms in total. The van der Waals surface area contributed by atoms with E-state index in [0.29, 0.717) is 22.5 Å². The molecule has 0 aromatic heterocycles. The summed E-state index contributed by atoms with van der Waals surface area (Å²) in [7, 11) is 3.30. The average Bonchev–Trinajstić information content (AvgIpc) is 2.61. The van der Waals surface area contributed by atoms with E-state index in [1.165, 1.54) is 0 Å². The molecule has 2 rings (SSSR count). The van der Waals surface area contributed by atoms with Crippen LogP contribution in [-0.4, -0.2) is 44.2 Å². The topological polar surface area (TPSA) is 65.1 Å². The fourth-order valence-electron chi connectivity index (χ4n) is 2.80. The molecule has 1 heterocycles. The van der Waals surface area contributed by atoms with Crippen molar-refractivity contribution in [3.63, 3.8) is 0 Å². The minimum absolute atomic E-state index is 0.247. The van der Waals surface area contributed by atoms with Gasteiger partial charge in [-0.1, -0.05) is 18.2 Å². The Morgan fingerprint density at radius 2 is 1.52 bits per heavy atom. The predicted molar refractivity (Wildman–Crippen MR) is 92.9 cm³/mol. The van der Waals surface area contributed by atoms with E-state index in [9.17, 15) is 9.59 Å². The van der Waals surface area contributed by atoms with Crippen molar-refractivity contribution in [1.29, 1.82) is 0 Å². The Morgan fingerprint density at radius 1 is 1.00 bits per heavy atom. The molecule has 0 amide bonds. The highest BCUT2D eigenvalue weighted by Crippen LogP contribution is 2.40. The van der Waals surface area contributed by atoms with Crippen LogP contribution >= 0.6 is 0 Å². The number of hydrogen-bond donors (Lipinski definition) is 0. The molecule has 1 aromatic carbocycles. The Balaban J connectivity index is 2.58. The van der Waals surface area contributed by atoms with Crippen LogP contribution < -0.4 is 4.74 Å². The lowest BCUT2D eigenvalue weighted by atomic mass is 9.83. The Bertz CT molecular complexity index is 672. The van der Waals surface area contributed by atoms with Crippen LogP contribution in [0.25, 0.3) is 0 Å². The minimum Gasteiger partial charge on any atom is -0.496 e. The van der Waals surface area contributed by atoms with Gasteiger partial charge in [0.1, 0.15) is 5.75 Å². The number of esters is 2. The summed E-state index contributed by atoms with van der Waals surface area (Å²) in [5, 5.41) is 0. The normalized spacial score (nSPS) is 14.5. The smallest absolute Gasteiger partial charge is 0.336 e. The molecule has 6 heteroatoms. The monoisotopic (exact) mass is 345 g/mol. The Hall–Kier alpha value is -2.76. The summed E-state index contributed by atoms with van der Waals surface area (Å²) < 4.78 is 15.8. The first-order valence-corrected chi connectivity index (χ1v) is 8.15. The first kappa shape index (κ1) is 18.6. The van der Waals surface area contributed by atoms with E-state index in [-0.39, 0.29) is 13.2 Å². The van der Waals surface area contributed by atoms with Crippen molar-refractivity contribution >= 4 is 11.9 Å². The number of carbonyl (C=O) groups excluding carboxylic acids is 2. The van der Waals surface area contributed by atoms with Gasteiger partial charge in [-0.05, 0) is 19.9 Å². The van der Waals surface area contributed by atoms with E-state index in [1.54, 1.807) is 51.4 Å². The van der Waals surface area contributed by atoms with Crippen molar-refractivity contribution in [3.05, 3.63) is 53.4 Å². The lowest BCUT2D eigenvalue weighted by Gasteiger charge is -2.29. The van der Waals surface area contributed by atoms with E-state index in [1.807, 2.05) is 18.2 Å². The van der Waals surface area contributed by atoms with E-state index < -0.39 is 17.9 Å². The summed E-state index contributed by atoms with van der Waals surface area (Å²) in [5.41, 5.74) is 1.43. The molecule has 0 saturated heterocycles. The molecule has 0 aliphatic carbocycles. The van der Waals surface area contributed by atoms with Crippen LogP contribution in [0.5, 0.6) is 5.75 Å². The van der Waals surface area contributed by atoms with Crippen molar-refractivity contribution in [2.24, 2.45) is 0 Å². The number of benzene rings is 1. The largest absolute Gasteiger partial charge is 0.496 e. The molecule has 0 spiro atoms. The van der Waals surface area contributed by atoms with Crippen LogP contribution in [0.4, 0.5) is 0 Å². The third kappa shape index (κ3) is 4.02. The summed E-state index contributed by atoms with van der Waals surface area (Å²) >= 11 is 0. The van der Waals surface area contributed by atoms with Gasteiger partial charge in [0.15, 0.2) is 0 Å². The van der Waals surface area contributed by atoms with Gasteiger partial charge in [0.2, 0.25) is 0 Å². The van der Waals surface area contributed by atoms with Crippen molar-refractivity contribution in [3.8, 4) is 5.75 Å². The molecule has 0 fully saturated rings. The Kier molecular flexibility index (Phi) is 6.22. The average molecular weight is 345 g/mol. The summed E-state index contributed by atoms with van der Waals surface area (Å²) in [6, 6.07) is 7.29. The maximum Gasteiger partial charge on any atom is 0.336 e. The number of carbonyl (C=O) groups is 2. The van der Waals surface area contributed by atoms with Crippen LogP contribution in [0, 0.1) is 0 Å². The highest BCUT2D eigenvalue weighted by molar-refractivity contribution is 5.98. The van der Waals surface area contributed by atoms with E-state index >= 15 is 0 Å². The predicted octanol–water partition coefficient (Wildman–Crippen LogP) is 2.62. The van der Waals surface area contributed by atoms with Gasteiger partial charge in [-0.2, -0.15) is 0 Å². The quantitative estimate of drug-likeness (QED) is 0.739. The van der Waals surface area contributed by atoms with Gasteiger partial charge in [0.05, 0.1) is 37.4 Å². The molecule has 25 heavy (non-hydrogen) atoms. The molecule has 1 aliphatic rings. The van der Waals surface area contributed by atoms with Gasteiger partial charge in [-0.15, -0.1) is 0 Å². The van der Waals surface area contributed by atoms with Crippen molar-refractivity contribution in [2.45, 2.75) is 19.8 Å². The first-order chi connectivity index (χ1) is 12.0. The molecule has 134 valence electrons. The second-order valence-electron chi connectivity index (χ2n) is 5.45. The van der Waals surface area contributed by atoms with E-state index in [2.05, 4.69) is 0 Å². The second-order valence-corrected chi connectivity index (χ2v) is 5.45. The molecule has 0 N–H and O–H groups in total. The third-order valence-electron chi connectivity index (χ3n) is 3.78. The van der Waals surface area contributed by atoms with Crippen molar-refractivity contribution < 1.29 is 23.8 Å². The molecule has 1 aromatic rings. The number of rotatable bonds is 6. The van der Waals surface area contributed by atoms with Crippen molar-refractivity contribution in [1.82, 2.24) is 4.90 Å². The molecule has 0 atom stereocenters. The SMILES string of the molecule is CCOC(=O)C1=CN(C)C=C(C(=O)OCC)C1c1ccccc1OC. The van der Waals surface area contributed by atoms with Gasteiger partial charge in [-0.25, -0.2) is 9.59 Å². The summed E-state index contributed by atoms with van der Waals surface area (Å²) in [4.78, 5) is 26.7. The molecular formula is C19H23NO5. The lowest BCUT2D eigenvalue weighted by molar-refractivity contribution is -0.139. The molecule has 1 aliphatic heterocycles. The maximum atomic E-state index is 12.5. The lowest BCUT2D eigenvalue weighted by Crippen LogP contribution is -2.28. The van der Waals surface area contributed by atoms with Gasteiger partial charge in [0, 0.05) is 25.0 Å². The molecule has 0 radical (unpaired) electrons. The highest BCUT2D eigenvalue weighted by Gasteiger charge is 2.36. The zero-order valence-electron chi connectivity index (χ0n) is 14.9. The number of ether oxygens (including phenoxy) is 3. The van der Waals surface area contributed by atoms with Gasteiger partial charge in [0.25, 0.3) is 0 Å². The standard InChI is InChI=1S/C19H23NO5/c1-5-24-18(21)14-11-20(3)12-15(19(22)25-6-2)17(14)13-9-7-8-10-16(13)23-4/h7-12,17H,5-6H2,1-4H3. The van der Waals surface area contributed by atoms with Crippen LogP contribution in [0.1, 0.15) is 25.3 Å². The molecular weight excluding hydrogens is 322 g/mol. The molecule has 0 unspecified atom stereocenters. The van der Waals surface area contributed by atoms with Crippen molar-refractivity contribution in [2.75, 3.05) is 27.4 Å². The zero-order valence-corrected chi connectivity index (χ0v) is 14.9. The van der Waals surface area contributed by atoms with Gasteiger partial charge < -0.3 is 19.1 Å². The number of hydrogen-bond acceptors (Lipinski definition) is 6. The third-order valence-corrected chi connectivity index (χ3v) is 3.78. The zero-order chi connectivity index (χ0) is 18.4. The van der Waals surface area contributed by atoms with Crippen LogP contribution in [0.15, 0.2) is 47.8 Å². The number of nitrogens with zero attached hydrogens (tertiary/aromatic N) is 1. The first-order valence-electron chi connectivity index (χ1n) is 8.15. The maximum absolute atomic E-state index is 12.5. The highest BCUT2D eigenvalue weighted by atomic mass is 16.5. The minimum atomic E-state index is -0.620. The Labute approximate surface area is 147 Å². The summed E-state index contributed by atoms with van der Waals surface area (Å²) in [5.74, 6) is -0.979. The number of para-hydroxylation sites is 1. The molecule has 0 bridgehead atoms. The molecule has 0 saturated carbocycles. The summed E-state index contributed by atoms with van der Waals surface area (Å²) in [6.07, 6.45) is 3.33. The fourth-order valence-corrected chi connectivity index (χ4v) is 2.80. The van der Waals surface area contributed by atoms with Crippen LogP contribution in [0.2, 0.25) is 0 Å². The van der Waals surface area contributed by atoms with Crippen LogP contribution in [-0.2, 0) is 19.1 Å².